The Labute approximate surface area is 151 Å². The smallest absolute Gasteiger partial charge is 0.220 e. The van der Waals surface area contributed by atoms with E-state index < -0.39 is 0 Å². The van der Waals surface area contributed by atoms with Gasteiger partial charge in [-0.15, -0.1) is 0 Å². The van der Waals surface area contributed by atoms with Crippen LogP contribution in [0.3, 0.4) is 0 Å². The number of hydrogen-bond donors (Lipinski definition) is 1. The van der Waals surface area contributed by atoms with E-state index in [4.69, 9.17) is 0 Å². The molecule has 138 valence electrons. The van der Waals surface area contributed by atoms with Gasteiger partial charge in [0.05, 0.1) is 0 Å². The molecule has 2 fully saturated rings. The number of carbonyl (C=O) groups is 1. The summed E-state index contributed by atoms with van der Waals surface area (Å²) in [7, 11) is 0. The maximum Gasteiger partial charge on any atom is 0.220 e. The molecule has 25 heavy (non-hydrogen) atoms. The summed E-state index contributed by atoms with van der Waals surface area (Å²) in [6.07, 6.45) is 11.1. The molecular weight excluding hydrogens is 315 g/mol. The van der Waals surface area contributed by atoms with Gasteiger partial charge in [-0.05, 0) is 50.3 Å². The first-order valence-electron chi connectivity index (χ1n) is 9.99. The molecule has 1 amide bonds. The highest BCUT2D eigenvalue weighted by atomic mass is 19.1. The number of hydrogen-bond acceptors (Lipinski definition) is 2. The number of benzene rings is 1. The van der Waals surface area contributed by atoms with Crippen molar-refractivity contribution in [3.63, 3.8) is 0 Å². The van der Waals surface area contributed by atoms with Gasteiger partial charge in [-0.3, -0.25) is 9.69 Å². The van der Waals surface area contributed by atoms with Crippen molar-refractivity contribution in [2.45, 2.75) is 76.3 Å². The lowest BCUT2D eigenvalue weighted by atomic mass is 9.99. The number of piperidine rings is 1. The van der Waals surface area contributed by atoms with Crippen LogP contribution in [0.15, 0.2) is 24.3 Å². The summed E-state index contributed by atoms with van der Waals surface area (Å²) in [4.78, 5) is 14.9. The summed E-state index contributed by atoms with van der Waals surface area (Å²) in [5, 5.41) is 3.19. The number of amides is 1. The molecule has 1 unspecified atom stereocenters. The van der Waals surface area contributed by atoms with E-state index in [2.05, 4.69) is 10.2 Å². The molecule has 1 saturated carbocycles. The Morgan fingerprint density at radius 2 is 1.84 bits per heavy atom. The van der Waals surface area contributed by atoms with Crippen LogP contribution in [0.25, 0.3) is 0 Å². The average molecular weight is 346 g/mol. The van der Waals surface area contributed by atoms with Crippen molar-refractivity contribution in [1.29, 1.82) is 0 Å². The Kier molecular flexibility index (Phi) is 6.85. The lowest BCUT2D eigenvalue weighted by Crippen LogP contribution is -2.50. The molecule has 2 aliphatic rings. The SMILES string of the molecule is O=C(CCc1ccccc1F)NC1CCCN(C2CCCCCC2)C1. The predicted molar refractivity (Wildman–Crippen MR) is 98.9 cm³/mol. The number of aryl methyl sites for hydroxylation is 1. The molecule has 1 N–H and O–H groups in total. The Bertz CT molecular complexity index is 555. The standard InChI is InChI=1S/C21H31FN2O/c22-20-12-6-5-8-17(20)13-14-21(25)23-18-9-7-15-24(16-18)19-10-3-1-2-4-11-19/h5-6,8,12,18-19H,1-4,7,9-11,13-16H2,(H,23,25). The zero-order chi connectivity index (χ0) is 17.5. The van der Waals surface area contributed by atoms with Crippen LogP contribution in [-0.4, -0.2) is 36.0 Å². The van der Waals surface area contributed by atoms with Crippen LogP contribution in [0.1, 0.15) is 63.4 Å². The summed E-state index contributed by atoms with van der Waals surface area (Å²) >= 11 is 0. The van der Waals surface area contributed by atoms with Crippen LogP contribution in [0.2, 0.25) is 0 Å². The van der Waals surface area contributed by atoms with E-state index in [1.165, 1.54) is 51.1 Å². The van der Waals surface area contributed by atoms with Crippen molar-refractivity contribution in [3.05, 3.63) is 35.6 Å². The van der Waals surface area contributed by atoms with Crippen molar-refractivity contribution in [2.24, 2.45) is 0 Å². The molecular formula is C21H31FN2O. The normalized spacial score (nSPS) is 23.2. The van der Waals surface area contributed by atoms with Gasteiger partial charge in [0.15, 0.2) is 0 Å². The first kappa shape index (κ1) is 18.4. The van der Waals surface area contributed by atoms with Crippen LogP contribution in [0.5, 0.6) is 0 Å². The van der Waals surface area contributed by atoms with Crippen LogP contribution in [-0.2, 0) is 11.2 Å². The zero-order valence-electron chi connectivity index (χ0n) is 15.2. The van der Waals surface area contributed by atoms with Gasteiger partial charge in [-0.25, -0.2) is 4.39 Å². The Morgan fingerprint density at radius 3 is 2.60 bits per heavy atom. The summed E-state index contributed by atoms with van der Waals surface area (Å²) in [5.41, 5.74) is 0.626. The van der Waals surface area contributed by atoms with Gasteiger partial charge in [0.2, 0.25) is 5.91 Å². The molecule has 3 nitrogen and oxygen atoms in total. The minimum absolute atomic E-state index is 0.0518. The molecule has 1 aliphatic carbocycles. The third-order valence-corrected chi connectivity index (χ3v) is 5.74. The van der Waals surface area contributed by atoms with Crippen molar-refractivity contribution < 1.29 is 9.18 Å². The number of carbonyl (C=O) groups excluding carboxylic acids is 1. The molecule has 0 bridgehead atoms. The second-order valence-electron chi connectivity index (χ2n) is 7.64. The molecule has 0 aromatic heterocycles. The van der Waals surface area contributed by atoms with Gasteiger partial charge in [0, 0.05) is 25.0 Å². The maximum absolute atomic E-state index is 13.7. The van der Waals surface area contributed by atoms with Gasteiger partial charge >= 0.3 is 0 Å². The van der Waals surface area contributed by atoms with Crippen molar-refractivity contribution >= 4 is 5.91 Å². The topological polar surface area (TPSA) is 32.3 Å². The summed E-state index contributed by atoms with van der Waals surface area (Å²) in [5.74, 6) is -0.163. The highest BCUT2D eigenvalue weighted by molar-refractivity contribution is 5.76. The summed E-state index contributed by atoms with van der Waals surface area (Å²) in [6.45, 7) is 2.16. The lowest BCUT2D eigenvalue weighted by molar-refractivity contribution is -0.122. The van der Waals surface area contributed by atoms with Crippen molar-refractivity contribution in [1.82, 2.24) is 10.2 Å². The minimum Gasteiger partial charge on any atom is -0.352 e. The molecule has 1 atom stereocenters. The van der Waals surface area contributed by atoms with Gasteiger partial charge in [0.1, 0.15) is 5.82 Å². The van der Waals surface area contributed by atoms with Crippen molar-refractivity contribution in [3.8, 4) is 0 Å². The lowest BCUT2D eigenvalue weighted by Gasteiger charge is -2.38. The number of nitrogens with one attached hydrogen (secondary N) is 1. The predicted octanol–water partition coefficient (Wildman–Crippen LogP) is 4.06. The fourth-order valence-corrected chi connectivity index (χ4v) is 4.33. The first-order valence-corrected chi connectivity index (χ1v) is 9.99. The number of halogens is 1. The molecule has 1 aromatic rings. The summed E-state index contributed by atoms with van der Waals surface area (Å²) in [6, 6.07) is 7.69. The Hall–Kier alpha value is -1.42. The Balaban J connectivity index is 1.45. The van der Waals surface area contributed by atoms with E-state index in [1.807, 2.05) is 6.07 Å². The van der Waals surface area contributed by atoms with Gasteiger partial charge in [-0.1, -0.05) is 43.9 Å². The highest BCUT2D eigenvalue weighted by Crippen LogP contribution is 2.24. The largest absolute Gasteiger partial charge is 0.352 e. The van der Waals surface area contributed by atoms with E-state index in [0.717, 1.165) is 19.4 Å². The molecule has 1 saturated heterocycles. The Morgan fingerprint density at radius 1 is 1.08 bits per heavy atom. The molecule has 0 radical (unpaired) electrons. The van der Waals surface area contributed by atoms with Crippen LogP contribution < -0.4 is 5.32 Å². The molecule has 3 rings (SSSR count). The van der Waals surface area contributed by atoms with E-state index in [0.29, 0.717) is 24.4 Å². The number of rotatable bonds is 5. The van der Waals surface area contributed by atoms with Crippen LogP contribution >= 0.6 is 0 Å². The van der Waals surface area contributed by atoms with Crippen molar-refractivity contribution in [2.75, 3.05) is 13.1 Å². The van der Waals surface area contributed by atoms with Gasteiger partial charge in [0.25, 0.3) is 0 Å². The van der Waals surface area contributed by atoms with Gasteiger partial charge < -0.3 is 5.32 Å². The van der Waals surface area contributed by atoms with Crippen LogP contribution in [0, 0.1) is 5.82 Å². The third kappa shape index (κ3) is 5.53. The van der Waals surface area contributed by atoms with Crippen LogP contribution in [0.4, 0.5) is 4.39 Å². The fourth-order valence-electron chi connectivity index (χ4n) is 4.33. The minimum atomic E-state index is -0.215. The summed E-state index contributed by atoms with van der Waals surface area (Å²) < 4.78 is 13.7. The zero-order valence-corrected chi connectivity index (χ0v) is 15.2. The highest BCUT2D eigenvalue weighted by Gasteiger charge is 2.27. The second kappa shape index (κ2) is 9.33. The van der Waals surface area contributed by atoms with E-state index in [9.17, 15) is 9.18 Å². The molecule has 0 spiro atoms. The van der Waals surface area contributed by atoms with E-state index >= 15 is 0 Å². The molecule has 1 heterocycles. The maximum atomic E-state index is 13.7. The third-order valence-electron chi connectivity index (χ3n) is 5.74. The second-order valence-corrected chi connectivity index (χ2v) is 7.64. The van der Waals surface area contributed by atoms with E-state index in [-0.39, 0.29) is 17.8 Å². The fraction of sp³-hybridized carbons (Fsp3) is 0.667. The first-order chi connectivity index (χ1) is 12.2. The molecule has 4 heteroatoms. The van der Waals surface area contributed by atoms with Gasteiger partial charge in [-0.2, -0.15) is 0 Å². The molecule has 1 aliphatic heterocycles. The number of nitrogens with zero attached hydrogens (tertiary/aromatic N) is 1. The monoisotopic (exact) mass is 346 g/mol. The molecule has 1 aromatic carbocycles. The quantitative estimate of drug-likeness (QED) is 0.816. The average Bonchev–Trinajstić information content (AvgIpc) is 2.91. The number of likely N-dealkylation sites (tertiary alicyclic amines) is 1. The van der Waals surface area contributed by atoms with E-state index in [1.54, 1.807) is 12.1 Å².